The minimum Gasteiger partial charge on any atom is -0.390 e. The topological polar surface area (TPSA) is 29.5 Å². The van der Waals surface area contributed by atoms with Gasteiger partial charge in [-0.2, -0.15) is 0 Å². The summed E-state index contributed by atoms with van der Waals surface area (Å²) in [6.45, 7) is 1.11. The van der Waals surface area contributed by atoms with Crippen LogP contribution in [0.25, 0.3) is 0 Å². The fourth-order valence-electron chi connectivity index (χ4n) is 2.49. The molecule has 0 unspecified atom stereocenters. The highest BCUT2D eigenvalue weighted by Crippen LogP contribution is 2.43. The summed E-state index contributed by atoms with van der Waals surface area (Å²) in [6, 6.07) is 20.9. The Morgan fingerprint density at radius 3 is 1.79 bits per heavy atom. The van der Waals surface area contributed by atoms with Gasteiger partial charge in [0.25, 0.3) is 0 Å². The van der Waals surface area contributed by atoms with Gasteiger partial charge in [0, 0.05) is 5.66 Å². The summed E-state index contributed by atoms with van der Waals surface area (Å²) in [6.07, 6.45) is -0.355. The monoisotopic (exact) mass is 272 g/mol. The van der Waals surface area contributed by atoms with Crippen LogP contribution in [-0.2, 0) is 4.74 Å². The average molecular weight is 272 g/mol. The molecule has 2 nitrogen and oxygen atoms in total. The van der Waals surface area contributed by atoms with Gasteiger partial charge in [-0.3, -0.25) is 0 Å². The van der Waals surface area contributed by atoms with Crippen LogP contribution in [0.5, 0.6) is 0 Å². The smallest absolute Gasteiger partial charge is 0.0868 e. The molecule has 2 aromatic rings. The number of hydrogen-bond donors (Lipinski definition) is 1. The van der Waals surface area contributed by atoms with Crippen molar-refractivity contribution in [2.75, 3.05) is 13.2 Å². The van der Waals surface area contributed by atoms with Gasteiger partial charge in [0.1, 0.15) is 0 Å². The summed E-state index contributed by atoms with van der Waals surface area (Å²) in [7, 11) is -0.566. The number of hydrogen-bond acceptors (Lipinski definition) is 2. The molecule has 0 bridgehead atoms. The second-order valence-electron chi connectivity index (χ2n) is 4.71. The molecule has 0 spiro atoms. The molecule has 1 saturated heterocycles. The van der Waals surface area contributed by atoms with E-state index in [4.69, 9.17) is 4.74 Å². The molecule has 98 valence electrons. The summed E-state index contributed by atoms with van der Waals surface area (Å²) in [5.74, 6) is 0. The maximum Gasteiger partial charge on any atom is 0.0868 e. The summed E-state index contributed by atoms with van der Waals surface area (Å²) >= 11 is 0. The van der Waals surface area contributed by atoms with Crippen molar-refractivity contribution in [3.63, 3.8) is 0 Å². The van der Waals surface area contributed by atoms with Gasteiger partial charge in [-0.15, -0.1) is 0 Å². The van der Waals surface area contributed by atoms with Crippen molar-refractivity contribution < 1.29 is 9.84 Å². The molecule has 3 rings (SSSR count). The van der Waals surface area contributed by atoms with Crippen LogP contribution in [0.4, 0.5) is 0 Å². The second-order valence-corrected chi connectivity index (χ2v) is 7.15. The highest BCUT2D eigenvalue weighted by Gasteiger charge is 2.34. The molecule has 19 heavy (non-hydrogen) atoms. The van der Waals surface area contributed by atoms with Crippen LogP contribution < -0.4 is 10.6 Å². The lowest BCUT2D eigenvalue weighted by molar-refractivity contribution is 0.127. The Morgan fingerprint density at radius 2 is 1.37 bits per heavy atom. The Bertz CT molecular complexity index is 475. The maximum atomic E-state index is 10.2. The summed E-state index contributed by atoms with van der Waals surface area (Å²) in [5, 5.41) is 12.8. The molecule has 1 N–H and O–H groups in total. The van der Waals surface area contributed by atoms with E-state index in [0.29, 0.717) is 13.2 Å². The predicted octanol–water partition coefficient (Wildman–Crippen LogP) is 1.88. The van der Waals surface area contributed by atoms with Gasteiger partial charge < -0.3 is 9.84 Å². The largest absolute Gasteiger partial charge is 0.390 e. The molecule has 2 atom stereocenters. The van der Waals surface area contributed by atoms with Crippen LogP contribution in [0.3, 0.4) is 0 Å². The van der Waals surface area contributed by atoms with Crippen molar-refractivity contribution in [1.82, 2.24) is 0 Å². The number of aliphatic hydroxyl groups is 1. The number of rotatable bonds is 3. The number of benzene rings is 2. The molecule has 1 fully saturated rings. The lowest BCUT2D eigenvalue weighted by atomic mass is 10.3. The Labute approximate surface area is 114 Å². The first-order valence-corrected chi connectivity index (χ1v) is 7.92. The summed E-state index contributed by atoms with van der Waals surface area (Å²) < 4.78 is 5.46. The van der Waals surface area contributed by atoms with Gasteiger partial charge in [0.05, 0.1) is 19.3 Å². The van der Waals surface area contributed by atoms with Gasteiger partial charge in [0.2, 0.25) is 0 Å². The SMILES string of the molecule is O[C@H]1COC[C@H]1P(c1ccccc1)c1ccccc1. The highest BCUT2D eigenvalue weighted by molar-refractivity contribution is 7.73. The van der Waals surface area contributed by atoms with E-state index in [0.717, 1.165) is 0 Å². The minimum atomic E-state index is -0.566. The van der Waals surface area contributed by atoms with Crippen molar-refractivity contribution in [3.8, 4) is 0 Å². The first kappa shape index (κ1) is 12.8. The molecule has 1 aliphatic rings. The van der Waals surface area contributed by atoms with E-state index in [9.17, 15) is 5.11 Å². The van der Waals surface area contributed by atoms with E-state index >= 15 is 0 Å². The second kappa shape index (κ2) is 5.83. The van der Waals surface area contributed by atoms with E-state index in [2.05, 4.69) is 48.5 Å². The Hall–Kier alpha value is -1.21. The lowest BCUT2D eigenvalue weighted by Gasteiger charge is -2.26. The van der Waals surface area contributed by atoms with Gasteiger partial charge in [-0.05, 0) is 18.5 Å². The van der Waals surface area contributed by atoms with Crippen molar-refractivity contribution in [3.05, 3.63) is 60.7 Å². The number of ether oxygens (including phenoxy) is 1. The summed E-state index contributed by atoms with van der Waals surface area (Å²) in [4.78, 5) is 0. The molecular weight excluding hydrogens is 255 g/mol. The third-order valence-electron chi connectivity index (χ3n) is 3.42. The van der Waals surface area contributed by atoms with Crippen LogP contribution >= 0.6 is 7.92 Å². The first-order valence-electron chi connectivity index (χ1n) is 6.51. The van der Waals surface area contributed by atoms with Crippen LogP contribution in [-0.4, -0.2) is 30.1 Å². The predicted molar refractivity (Wildman–Crippen MR) is 79.7 cm³/mol. The molecule has 1 aliphatic heterocycles. The van der Waals surface area contributed by atoms with Crippen LogP contribution in [0.2, 0.25) is 0 Å². The third-order valence-corrected chi connectivity index (χ3v) is 6.29. The molecule has 2 aromatic carbocycles. The Balaban J connectivity index is 2.01. The highest BCUT2D eigenvalue weighted by atomic mass is 31.1. The van der Waals surface area contributed by atoms with E-state index in [1.165, 1.54) is 10.6 Å². The molecule has 1 heterocycles. The van der Waals surface area contributed by atoms with Crippen molar-refractivity contribution >= 4 is 18.5 Å². The molecule has 0 aromatic heterocycles. The molecule has 0 aliphatic carbocycles. The molecule has 0 amide bonds. The fraction of sp³-hybridized carbons (Fsp3) is 0.250. The quantitative estimate of drug-likeness (QED) is 0.865. The fourth-order valence-corrected chi connectivity index (χ4v) is 5.22. The number of aliphatic hydroxyl groups excluding tert-OH is 1. The maximum absolute atomic E-state index is 10.2. The van der Waals surface area contributed by atoms with Crippen molar-refractivity contribution in [2.24, 2.45) is 0 Å². The summed E-state index contributed by atoms with van der Waals surface area (Å²) in [5.41, 5.74) is 0.194. The van der Waals surface area contributed by atoms with Crippen molar-refractivity contribution in [2.45, 2.75) is 11.8 Å². The molecule has 3 heteroatoms. The lowest BCUT2D eigenvalue weighted by Crippen LogP contribution is -2.30. The van der Waals surface area contributed by atoms with E-state index in [1.807, 2.05) is 12.1 Å². The zero-order valence-corrected chi connectivity index (χ0v) is 11.5. The van der Waals surface area contributed by atoms with Crippen molar-refractivity contribution in [1.29, 1.82) is 0 Å². The standard InChI is InChI=1S/C16H17O2P/c17-15-11-18-12-16(15)19(13-7-3-1-4-8-13)14-9-5-2-6-10-14/h1-10,15-17H,11-12H2/t15-,16+/m0/s1. The van der Waals surface area contributed by atoms with Gasteiger partial charge in [0.15, 0.2) is 0 Å². The normalized spacial score (nSPS) is 22.8. The molecule has 0 saturated carbocycles. The average Bonchev–Trinajstić information content (AvgIpc) is 2.88. The van der Waals surface area contributed by atoms with E-state index in [-0.39, 0.29) is 11.8 Å². The van der Waals surface area contributed by atoms with Crippen LogP contribution in [0.15, 0.2) is 60.7 Å². The Morgan fingerprint density at radius 1 is 0.842 bits per heavy atom. The van der Waals surface area contributed by atoms with Gasteiger partial charge in [-0.1, -0.05) is 60.7 Å². The molecule has 0 radical (unpaired) electrons. The molecular formula is C16H17O2P. The van der Waals surface area contributed by atoms with Crippen LogP contribution in [0, 0.1) is 0 Å². The van der Waals surface area contributed by atoms with Crippen LogP contribution in [0.1, 0.15) is 0 Å². The minimum absolute atomic E-state index is 0.194. The zero-order valence-electron chi connectivity index (χ0n) is 10.6. The third kappa shape index (κ3) is 2.71. The van der Waals surface area contributed by atoms with E-state index in [1.54, 1.807) is 0 Å². The zero-order chi connectivity index (χ0) is 13.1. The first-order chi connectivity index (χ1) is 9.36. The van der Waals surface area contributed by atoms with Gasteiger partial charge >= 0.3 is 0 Å². The van der Waals surface area contributed by atoms with Gasteiger partial charge in [-0.25, -0.2) is 0 Å². The Kier molecular flexibility index (Phi) is 3.93. The van der Waals surface area contributed by atoms with E-state index < -0.39 is 7.92 Å².